The fraction of sp³-hybridized carbons (Fsp3) is 0. The van der Waals surface area contributed by atoms with Crippen LogP contribution < -0.4 is 4.74 Å². The Morgan fingerprint density at radius 3 is 2.25 bits per heavy atom. The molecule has 0 bridgehead atoms. The molecule has 2 nitrogen and oxygen atoms in total. The van der Waals surface area contributed by atoms with E-state index in [1.54, 1.807) is 48.5 Å². The normalized spacial score (nSPS) is 9.00. The van der Waals surface area contributed by atoms with Gasteiger partial charge < -0.3 is 4.74 Å². The van der Waals surface area contributed by atoms with Crippen molar-refractivity contribution in [2.45, 2.75) is 0 Å². The summed E-state index contributed by atoms with van der Waals surface area (Å²) in [4.78, 5) is 11.6. The number of hydrogen-bond acceptors (Lipinski definition) is 2. The molecule has 0 amide bonds. The molecule has 0 fully saturated rings. The van der Waals surface area contributed by atoms with E-state index in [-0.39, 0.29) is 43.7 Å². The Bertz CT molecular complexity index is 440. The number of hydrogen-bond donors (Lipinski definition) is 0. The van der Waals surface area contributed by atoms with E-state index in [0.29, 0.717) is 11.3 Å². The fourth-order valence-corrected chi connectivity index (χ4v) is 1.18. The first-order valence-electron chi connectivity index (χ1n) is 4.59. The van der Waals surface area contributed by atoms with Gasteiger partial charge in [-0.15, -0.1) is 0 Å². The van der Waals surface area contributed by atoms with E-state index in [0.717, 1.165) is 0 Å². The van der Waals surface area contributed by atoms with Crippen molar-refractivity contribution in [3.63, 3.8) is 0 Å². The summed E-state index contributed by atoms with van der Waals surface area (Å²) in [6, 6.07) is 18.5. The third-order valence-corrected chi connectivity index (χ3v) is 1.91. The molecule has 0 aliphatic carbocycles. The van der Waals surface area contributed by atoms with E-state index in [2.05, 4.69) is 6.07 Å². The Labute approximate surface area is 124 Å². The van der Waals surface area contributed by atoms with E-state index in [1.807, 2.05) is 6.07 Å². The molecule has 16 heavy (non-hydrogen) atoms. The van der Waals surface area contributed by atoms with Gasteiger partial charge in [-0.1, -0.05) is 30.3 Å². The Morgan fingerprint density at radius 1 is 1.00 bits per heavy atom. The van der Waals surface area contributed by atoms with Gasteiger partial charge in [0.25, 0.3) is 0 Å². The summed E-state index contributed by atoms with van der Waals surface area (Å²) < 4.78 is 5.14. The Morgan fingerprint density at radius 2 is 1.62 bits per heavy atom. The van der Waals surface area contributed by atoms with E-state index in [9.17, 15) is 4.79 Å². The number of carbonyl (C=O) groups excluding carboxylic acids is 1. The topological polar surface area (TPSA) is 26.3 Å². The van der Waals surface area contributed by atoms with Crippen LogP contribution in [0.4, 0.5) is 0 Å². The van der Waals surface area contributed by atoms with Crippen molar-refractivity contribution in [3.05, 3.63) is 66.2 Å². The summed E-state index contributed by atoms with van der Waals surface area (Å²) in [6.45, 7) is 0. The van der Waals surface area contributed by atoms with Crippen LogP contribution in [0.15, 0.2) is 54.6 Å². The molecule has 0 aromatic heterocycles. The van der Waals surface area contributed by atoms with E-state index in [4.69, 9.17) is 4.74 Å². The second-order valence-electron chi connectivity index (χ2n) is 2.99. The van der Waals surface area contributed by atoms with Crippen LogP contribution in [0.25, 0.3) is 0 Å². The summed E-state index contributed by atoms with van der Waals surface area (Å²) in [5, 5.41) is 0. The molecule has 2 aromatic rings. The minimum absolute atomic E-state index is 0. The van der Waals surface area contributed by atoms with Crippen LogP contribution in [-0.4, -0.2) is 43.7 Å². The van der Waals surface area contributed by atoms with Crippen LogP contribution >= 0.6 is 0 Å². The quantitative estimate of drug-likeness (QED) is 0.454. The van der Waals surface area contributed by atoms with Gasteiger partial charge in [0.15, 0.2) is 0 Å². The first kappa shape index (κ1) is 13.2. The Balaban J connectivity index is 0.00000128. The summed E-state index contributed by atoms with van der Waals surface area (Å²) in [6.07, 6.45) is 0. The standard InChI is InChI=1S/C13H9O2.Ca.2H/c14-13(11-7-3-1-4-8-11)15-12-9-5-2-6-10-12;;;/h1,3-10H;;;. The molecule has 0 atom stereocenters. The maximum absolute atomic E-state index is 11.6. The molecule has 0 unspecified atom stereocenters. The molecule has 3 heteroatoms. The van der Waals surface area contributed by atoms with Crippen LogP contribution in [0.1, 0.15) is 10.4 Å². The molecule has 1 radical (unpaired) electrons. The van der Waals surface area contributed by atoms with Crippen LogP contribution in [0, 0.1) is 6.07 Å². The molecule has 0 N–H and O–H groups in total. The van der Waals surface area contributed by atoms with Crippen LogP contribution in [-0.2, 0) is 0 Å². The SMILES string of the molecule is O=C(Oc1cc[c]cc1)c1ccccc1.[CaH2]. The zero-order valence-electron chi connectivity index (χ0n) is 8.01. The molecule has 0 aliphatic heterocycles. The Hall–Kier alpha value is -0.830. The second kappa shape index (κ2) is 6.69. The summed E-state index contributed by atoms with van der Waals surface area (Å²) in [5.74, 6) is 0.185. The summed E-state index contributed by atoms with van der Waals surface area (Å²) in [5.41, 5.74) is 0.547. The molecular weight excluding hydrogens is 228 g/mol. The van der Waals surface area contributed by atoms with Crippen molar-refractivity contribution in [2.24, 2.45) is 0 Å². The third-order valence-electron chi connectivity index (χ3n) is 1.91. The van der Waals surface area contributed by atoms with Gasteiger partial charge in [0.1, 0.15) is 5.75 Å². The maximum atomic E-state index is 11.6. The Kier molecular flexibility index (Phi) is 5.53. The van der Waals surface area contributed by atoms with Gasteiger partial charge in [-0.3, -0.25) is 0 Å². The zero-order valence-corrected chi connectivity index (χ0v) is 8.01. The van der Waals surface area contributed by atoms with Crippen molar-refractivity contribution in [2.75, 3.05) is 0 Å². The van der Waals surface area contributed by atoms with Gasteiger partial charge in [0, 0.05) is 0 Å². The van der Waals surface area contributed by atoms with Crippen molar-refractivity contribution in [3.8, 4) is 5.75 Å². The molecule has 0 saturated heterocycles. The second-order valence-corrected chi connectivity index (χ2v) is 2.99. The van der Waals surface area contributed by atoms with Crippen molar-refractivity contribution >= 4 is 43.7 Å². The van der Waals surface area contributed by atoms with Gasteiger partial charge in [-0.2, -0.15) is 0 Å². The number of benzene rings is 2. The van der Waals surface area contributed by atoms with Crippen molar-refractivity contribution < 1.29 is 9.53 Å². The molecule has 2 aromatic carbocycles. The van der Waals surface area contributed by atoms with Gasteiger partial charge >= 0.3 is 43.7 Å². The van der Waals surface area contributed by atoms with Crippen LogP contribution in [0.2, 0.25) is 0 Å². The summed E-state index contributed by atoms with van der Waals surface area (Å²) >= 11 is 0. The molecule has 0 aliphatic rings. The van der Waals surface area contributed by atoms with Gasteiger partial charge in [-0.05, 0) is 30.3 Å². The number of esters is 1. The predicted octanol–water partition coefficient (Wildman–Crippen LogP) is 1.79. The third kappa shape index (κ3) is 3.63. The van der Waals surface area contributed by atoms with E-state index < -0.39 is 0 Å². The molecule has 77 valence electrons. The van der Waals surface area contributed by atoms with Crippen LogP contribution in [0.5, 0.6) is 5.75 Å². The minimum atomic E-state index is -0.346. The van der Waals surface area contributed by atoms with E-state index in [1.165, 1.54) is 0 Å². The number of ether oxygens (including phenoxy) is 1. The van der Waals surface area contributed by atoms with Crippen LogP contribution in [0.3, 0.4) is 0 Å². The monoisotopic (exact) mass is 239 g/mol. The van der Waals surface area contributed by atoms with Crippen molar-refractivity contribution in [1.82, 2.24) is 0 Å². The molecule has 2 rings (SSSR count). The first-order chi connectivity index (χ1) is 7.36. The number of carbonyl (C=O) groups is 1. The average molecular weight is 239 g/mol. The van der Waals surface area contributed by atoms with E-state index >= 15 is 0 Å². The molecular formula is C13H11CaO2. The van der Waals surface area contributed by atoms with Crippen molar-refractivity contribution in [1.29, 1.82) is 0 Å². The van der Waals surface area contributed by atoms with Gasteiger partial charge in [0.2, 0.25) is 0 Å². The first-order valence-corrected chi connectivity index (χ1v) is 4.59. The molecule has 0 saturated carbocycles. The average Bonchev–Trinajstić information content (AvgIpc) is 2.31. The fourth-order valence-electron chi connectivity index (χ4n) is 1.18. The predicted molar refractivity (Wildman–Crippen MR) is 65.2 cm³/mol. The molecule has 0 heterocycles. The summed E-state index contributed by atoms with van der Waals surface area (Å²) in [7, 11) is 0. The molecule has 0 spiro atoms. The van der Waals surface area contributed by atoms with Gasteiger partial charge in [-0.25, -0.2) is 4.79 Å². The number of rotatable bonds is 2. The van der Waals surface area contributed by atoms with Gasteiger partial charge in [0.05, 0.1) is 5.56 Å². The zero-order chi connectivity index (χ0) is 10.5.